The quantitative estimate of drug-likeness (QED) is 0.886. The van der Waals surface area contributed by atoms with Gasteiger partial charge in [-0.3, -0.25) is 0 Å². The summed E-state index contributed by atoms with van der Waals surface area (Å²) in [6.07, 6.45) is 0. The average molecular weight is 235 g/mol. The van der Waals surface area contributed by atoms with Gasteiger partial charge in [-0.2, -0.15) is 0 Å². The molecular weight excluding hydrogens is 221 g/mol. The van der Waals surface area contributed by atoms with Gasteiger partial charge in [-0.25, -0.2) is 4.39 Å². The average Bonchev–Trinajstić information content (AvgIpc) is 2.69. The van der Waals surface area contributed by atoms with Crippen LogP contribution in [0.2, 0.25) is 0 Å². The van der Waals surface area contributed by atoms with E-state index >= 15 is 0 Å². The standard InChI is InChI=1S/C13H14FNO2/c1-9-10(7-15)6-11(17-9)8-16-13-5-3-2-4-12(13)14/h2-6H,7-8,15H2,1H3. The van der Waals surface area contributed by atoms with E-state index in [1.54, 1.807) is 18.2 Å². The summed E-state index contributed by atoms with van der Waals surface area (Å²) in [4.78, 5) is 0. The summed E-state index contributed by atoms with van der Waals surface area (Å²) in [5.74, 6) is 1.26. The van der Waals surface area contributed by atoms with Gasteiger partial charge in [0, 0.05) is 12.1 Å². The SMILES string of the molecule is Cc1oc(COc2ccccc2F)cc1CN. The van der Waals surface area contributed by atoms with Gasteiger partial charge in [0.1, 0.15) is 18.1 Å². The van der Waals surface area contributed by atoms with Crippen molar-refractivity contribution >= 4 is 0 Å². The van der Waals surface area contributed by atoms with E-state index in [2.05, 4.69) is 0 Å². The molecule has 0 aliphatic carbocycles. The molecule has 0 amide bonds. The first-order valence-electron chi connectivity index (χ1n) is 5.36. The molecule has 0 saturated carbocycles. The first kappa shape index (κ1) is 11.7. The molecule has 1 aromatic heterocycles. The second-order valence-electron chi connectivity index (χ2n) is 3.72. The van der Waals surface area contributed by atoms with Gasteiger partial charge in [0.05, 0.1) is 0 Å². The van der Waals surface area contributed by atoms with E-state index in [-0.39, 0.29) is 18.2 Å². The Labute approximate surface area is 99.0 Å². The van der Waals surface area contributed by atoms with Gasteiger partial charge < -0.3 is 14.9 Å². The molecule has 2 rings (SSSR count). The molecule has 0 spiro atoms. The second-order valence-corrected chi connectivity index (χ2v) is 3.72. The van der Waals surface area contributed by atoms with Crippen LogP contribution in [0.1, 0.15) is 17.1 Å². The Morgan fingerprint density at radius 3 is 2.76 bits per heavy atom. The van der Waals surface area contributed by atoms with Gasteiger partial charge in [0.15, 0.2) is 11.6 Å². The summed E-state index contributed by atoms with van der Waals surface area (Å²) < 4.78 is 24.0. The summed E-state index contributed by atoms with van der Waals surface area (Å²) in [7, 11) is 0. The van der Waals surface area contributed by atoms with Crippen LogP contribution in [0.5, 0.6) is 5.75 Å². The van der Waals surface area contributed by atoms with Gasteiger partial charge in [0.25, 0.3) is 0 Å². The van der Waals surface area contributed by atoms with Crippen molar-refractivity contribution in [3.05, 3.63) is 53.2 Å². The molecule has 2 N–H and O–H groups in total. The summed E-state index contributed by atoms with van der Waals surface area (Å²) in [5, 5.41) is 0. The highest BCUT2D eigenvalue weighted by molar-refractivity contribution is 5.24. The first-order chi connectivity index (χ1) is 8.20. The Bertz CT molecular complexity index is 508. The zero-order chi connectivity index (χ0) is 12.3. The smallest absolute Gasteiger partial charge is 0.165 e. The largest absolute Gasteiger partial charge is 0.483 e. The predicted molar refractivity (Wildman–Crippen MR) is 62.1 cm³/mol. The van der Waals surface area contributed by atoms with Crippen LogP contribution in [0.25, 0.3) is 0 Å². The van der Waals surface area contributed by atoms with E-state index in [4.69, 9.17) is 14.9 Å². The minimum absolute atomic E-state index is 0.196. The van der Waals surface area contributed by atoms with Crippen molar-refractivity contribution in [2.75, 3.05) is 0 Å². The molecule has 1 aromatic carbocycles. The topological polar surface area (TPSA) is 48.4 Å². The fourth-order valence-corrected chi connectivity index (χ4v) is 1.57. The van der Waals surface area contributed by atoms with E-state index in [1.807, 2.05) is 13.0 Å². The molecule has 4 heteroatoms. The fraction of sp³-hybridized carbons (Fsp3) is 0.231. The lowest BCUT2D eigenvalue weighted by atomic mass is 10.2. The second kappa shape index (κ2) is 5.01. The maximum atomic E-state index is 13.3. The van der Waals surface area contributed by atoms with Crippen LogP contribution in [-0.2, 0) is 13.2 Å². The van der Waals surface area contributed by atoms with E-state index in [0.29, 0.717) is 12.3 Å². The Kier molecular flexibility index (Phi) is 3.44. The molecule has 2 aromatic rings. The first-order valence-corrected chi connectivity index (χ1v) is 5.36. The van der Waals surface area contributed by atoms with Gasteiger partial charge >= 0.3 is 0 Å². The highest BCUT2D eigenvalue weighted by Gasteiger charge is 2.08. The molecule has 0 fully saturated rings. The third-order valence-corrected chi connectivity index (χ3v) is 2.50. The molecule has 0 aliphatic heterocycles. The maximum Gasteiger partial charge on any atom is 0.165 e. The fourth-order valence-electron chi connectivity index (χ4n) is 1.57. The van der Waals surface area contributed by atoms with E-state index in [0.717, 1.165) is 11.3 Å². The van der Waals surface area contributed by atoms with Gasteiger partial charge in [-0.15, -0.1) is 0 Å². The summed E-state index contributed by atoms with van der Waals surface area (Å²) in [6, 6.07) is 8.10. The van der Waals surface area contributed by atoms with Crippen molar-refractivity contribution in [1.82, 2.24) is 0 Å². The Morgan fingerprint density at radius 2 is 2.12 bits per heavy atom. The van der Waals surface area contributed by atoms with Crippen molar-refractivity contribution in [2.24, 2.45) is 5.73 Å². The third kappa shape index (κ3) is 2.65. The number of rotatable bonds is 4. The molecule has 0 unspecified atom stereocenters. The number of hydrogen-bond donors (Lipinski definition) is 1. The van der Waals surface area contributed by atoms with Crippen LogP contribution in [0.15, 0.2) is 34.7 Å². The lowest BCUT2D eigenvalue weighted by Gasteiger charge is -2.04. The zero-order valence-electron chi connectivity index (χ0n) is 9.57. The monoisotopic (exact) mass is 235 g/mol. The molecular formula is C13H14FNO2. The number of hydrogen-bond acceptors (Lipinski definition) is 3. The summed E-state index contributed by atoms with van der Waals surface area (Å²) in [6.45, 7) is 2.46. The summed E-state index contributed by atoms with van der Waals surface area (Å²) in [5.41, 5.74) is 6.48. The van der Waals surface area contributed by atoms with Crippen molar-refractivity contribution in [3.63, 3.8) is 0 Å². The van der Waals surface area contributed by atoms with Crippen LogP contribution >= 0.6 is 0 Å². The van der Waals surface area contributed by atoms with E-state index < -0.39 is 0 Å². The number of benzene rings is 1. The normalized spacial score (nSPS) is 10.5. The number of halogens is 1. The van der Waals surface area contributed by atoms with Gasteiger partial charge in [-0.1, -0.05) is 12.1 Å². The Balaban J connectivity index is 2.05. The van der Waals surface area contributed by atoms with Crippen molar-refractivity contribution in [1.29, 1.82) is 0 Å². The number of ether oxygens (including phenoxy) is 1. The molecule has 1 heterocycles. The van der Waals surface area contributed by atoms with Crippen LogP contribution in [0.3, 0.4) is 0 Å². The maximum absolute atomic E-state index is 13.3. The molecule has 0 aliphatic rings. The van der Waals surface area contributed by atoms with E-state index in [9.17, 15) is 4.39 Å². The Morgan fingerprint density at radius 1 is 1.35 bits per heavy atom. The van der Waals surface area contributed by atoms with Crippen LogP contribution in [0.4, 0.5) is 4.39 Å². The van der Waals surface area contributed by atoms with Crippen LogP contribution in [-0.4, -0.2) is 0 Å². The number of aryl methyl sites for hydroxylation is 1. The van der Waals surface area contributed by atoms with Crippen molar-refractivity contribution in [2.45, 2.75) is 20.1 Å². The molecule has 0 atom stereocenters. The lowest BCUT2D eigenvalue weighted by Crippen LogP contribution is -1.97. The van der Waals surface area contributed by atoms with Gasteiger partial charge in [-0.05, 0) is 25.1 Å². The lowest BCUT2D eigenvalue weighted by molar-refractivity contribution is 0.256. The van der Waals surface area contributed by atoms with Crippen molar-refractivity contribution in [3.8, 4) is 5.75 Å². The van der Waals surface area contributed by atoms with Crippen molar-refractivity contribution < 1.29 is 13.5 Å². The van der Waals surface area contributed by atoms with E-state index in [1.165, 1.54) is 6.07 Å². The van der Waals surface area contributed by atoms with Crippen LogP contribution in [0, 0.1) is 12.7 Å². The number of para-hydroxylation sites is 1. The number of nitrogens with two attached hydrogens (primary N) is 1. The zero-order valence-corrected chi connectivity index (χ0v) is 9.57. The molecule has 3 nitrogen and oxygen atoms in total. The molecule has 90 valence electrons. The highest BCUT2D eigenvalue weighted by atomic mass is 19.1. The molecule has 17 heavy (non-hydrogen) atoms. The minimum Gasteiger partial charge on any atom is -0.483 e. The van der Waals surface area contributed by atoms with Gasteiger partial charge in [0.2, 0.25) is 0 Å². The van der Waals surface area contributed by atoms with Crippen LogP contribution < -0.4 is 10.5 Å². The molecule has 0 bridgehead atoms. The molecule has 0 radical (unpaired) electrons. The number of furan rings is 1. The summed E-state index contributed by atoms with van der Waals surface area (Å²) >= 11 is 0. The Hall–Kier alpha value is -1.81. The minimum atomic E-state index is -0.380. The molecule has 0 saturated heterocycles. The third-order valence-electron chi connectivity index (χ3n) is 2.50. The predicted octanol–water partition coefficient (Wildman–Crippen LogP) is 2.76. The highest BCUT2D eigenvalue weighted by Crippen LogP contribution is 2.19.